The van der Waals surface area contributed by atoms with Crippen molar-refractivity contribution in [1.29, 1.82) is 0 Å². The lowest BCUT2D eigenvalue weighted by Crippen LogP contribution is -2.51. The summed E-state index contributed by atoms with van der Waals surface area (Å²) in [6.07, 6.45) is 1.26. The molecule has 0 saturated carbocycles. The van der Waals surface area contributed by atoms with E-state index in [2.05, 4.69) is 4.99 Å². The van der Waals surface area contributed by atoms with E-state index in [-0.39, 0.29) is 5.56 Å². The van der Waals surface area contributed by atoms with Crippen molar-refractivity contribution in [3.8, 4) is 0 Å². The number of carboxylic acids is 2. The number of benzene rings is 1. The lowest BCUT2D eigenvalue weighted by molar-refractivity contribution is -0.169. The van der Waals surface area contributed by atoms with Gasteiger partial charge in [0.25, 0.3) is 0 Å². The average molecular weight is 235 g/mol. The molecule has 0 aliphatic carbocycles. The third kappa shape index (κ3) is 1.50. The smallest absolute Gasteiger partial charge is 0.343 e. The van der Waals surface area contributed by atoms with Crippen LogP contribution in [0.5, 0.6) is 0 Å². The molecule has 17 heavy (non-hydrogen) atoms. The quantitative estimate of drug-likeness (QED) is 0.660. The first-order chi connectivity index (χ1) is 7.98. The van der Waals surface area contributed by atoms with E-state index in [1.165, 1.54) is 18.3 Å². The first-order valence-electron chi connectivity index (χ1n) is 4.79. The van der Waals surface area contributed by atoms with E-state index >= 15 is 0 Å². The predicted octanol–water partition coefficient (Wildman–Crippen LogP) is -0.155. The van der Waals surface area contributed by atoms with Gasteiger partial charge in [0, 0.05) is 11.8 Å². The second kappa shape index (κ2) is 3.67. The molecule has 1 aliphatic rings. The number of fused-ring (bicyclic) bond motifs is 1. The van der Waals surface area contributed by atoms with Crippen molar-refractivity contribution in [2.45, 2.75) is 11.6 Å². The molecule has 0 aromatic heterocycles. The molecule has 0 fully saturated rings. The van der Waals surface area contributed by atoms with Crippen molar-refractivity contribution in [3.63, 3.8) is 0 Å². The number of hydrogen-bond donors (Lipinski definition) is 3. The number of aliphatic imine (C=N–C) groups is 1. The van der Waals surface area contributed by atoms with Crippen molar-refractivity contribution < 1.29 is 24.9 Å². The van der Waals surface area contributed by atoms with E-state index in [1.807, 2.05) is 0 Å². The van der Waals surface area contributed by atoms with E-state index in [0.717, 1.165) is 0 Å². The highest BCUT2D eigenvalue weighted by molar-refractivity contribution is 5.97. The maximum Gasteiger partial charge on any atom is 0.343 e. The largest absolute Gasteiger partial charge is 0.480 e. The molecule has 2 rings (SSSR count). The maximum atomic E-state index is 11.2. The zero-order valence-electron chi connectivity index (χ0n) is 8.57. The Morgan fingerprint density at radius 2 is 1.88 bits per heavy atom. The van der Waals surface area contributed by atoms with Gasteiger partial charge in [0.05, 0.1) is 0 Å². The minimum Gasteiger partial charge on any atom is -0.480 e. The topological polar surface area (TPSA) is 107 Å². The van der Waals surface area contributed by atoms with Crippen molar-refractivity contribution >= 4 is 18.2 Å². The number of rotatable bonds is 2. The molecule has 1 heterocycles. The van der Waals surface area contributed by atoms with E-state index < -0.39 is 23.6 Å². The van der Waals surface area contributed by atoms with Crippen LogP contribution in [-0.4, -0.2) is 39.5 Å². The Kier molecular flexibility index (Phi) is 2.44. The van der Waals surface area contributed by atoms with Crippen LogP contribution in [0.1, 0.15) is 11.1 Å². The second-order valence-electron chi connectivity index (χ2n) is 3.68. The van der Waals surface area contributed by atoms with Crippen molar-refractivity contribution in [3.05, 3.63) is 35.4 Å². The molecule has 0 radical (unpaired) electrons. The summed E-state index contributed by atoms with van der Waals surface area (Å²) in [5.74, 6) is -3.12. The molecule has 1 aliphatic heterocycles. The van der Waals surface area contributed by atoms with Gasteiger partial charge in [0.1, 0.15) is 0 Å². The van der Waals surface area contributed by atoms with Crippen molar-refractivity contribution in [2.75, 3.05) is 0 Å². The van der Waals surface area contributed by atoms with Crippen LogP contribution in [0.25, 0.3) is 0 Å². The lowest BCUT2D eigenvalue weighted by atomic mass is 9.82. The Labute approximate surface area is 95.9 Å². The molecule has 3 N–H and O–H groups in total. The third-order valence-electron chi connectivity index (χ3n) is 2.69. The van der Waals surface area contributed by atoms with Gasteiger partial charge in [-0.25, -0.2) is 9.59 Å². The molecule has 88 valence electrons. The van der Waals surface area contributed by atoms with Gasteiger partial charge in [0.15, 0.2) is 6.04 Å². The summed E-state index contributed by atoms with van der Waals surface area (Å²) < 4.78 is 0. The fourth-order valence-corrected chi connectivity index (χ4v) is 1.84. The Hall–Kier alpha value is -2.21. The summed E-state index contributed by atoms with van der Waals surface area (Å²) in [5, 5.41) is 28.1. The highest BCUT2D eigenvalue weighted by Crippen LogP contribution is 2.33. The Bertz CT molecular complexity index is 524. The number of nitrogens with zero attached hydrogens (tertiary/aromatic N) is 1. The maximum absolute atomic E-state index is 11.2. The van der Waals surface area contributed by atoms with Gasteiger partial charge in [0.2, 0.25) is 5.60 Å². The van der Waals surface area contributed by atoms with E-state index in [1.54, 1.807) is 12.1 Å². The Morgan fingerprint density at radius 3 is 2.47 bits per heavy atom. The number of carboxylic acid groups (broad SMARTS) is 2. The molecule has 0 amide bonds. The van der Waals surface area contributed by atoms with Gasteiger partial charge in [-0.15, -0.1) is 0 Å². The second-order valence-corrected chi connectivity index (χ2v) is 3.68. The monoisotopic (exact) mass is 235 g/mol. The first kappa shape index (κ1) is 11.3. The van der Waals surface area contributed by atoms with Crippen LogP contribution in [0.2, 0.25) is 0 Å². The fourth-order valence-electron chi connectivity index (χ4n) is 1.84. The van der Waals surface area contributed by atoms with E-state index in [4.69, 9.17) is 10.2 Å². The summed E-state index contributed by atoms with van der Waals surface area (Å²) >= 11 is 0. The highest BCUT2D eigenvalue weighted by Gasteiger charge is 2.52. The van der Waals surface area contributed by atoms with Crippen molar-refractivity contribution in [2.24, 2.45) is 4.99 Å². The minimum absolute atomic E-state index is 0.0369. The number of aliphatic carboxylic acids is 2. The van der Waals surface area contributed by atoms with Gasteiger partial charge in [-0.05, 0) is 5.56 Å². The van der Waals surface area contributed by atoms with Crippen molar-refractivity contribution in [1.82, 2.24) is 0 Å². The number of hydrogen-bond acceptors (Lipinski definition) is 4. The molecule has 1 aromatic rings. The van der Waals surface area contributed by atoms with Crippen LogP contribution < -0.4 is 0 Å². The van der Waals surface area contributed by atoms with Crippen LogP contribution in [0.4, 0.5) is 0 Å². The van der Waals surface area contributed by atoms with Crippen LogP contribution in [-0.2, 0) is 15.2 Å². The molecular weight excluding hydrogens is 226 g/mol. The van der Waals surface area contributed by atoms with Crippen LogP contribution in [0, 0.1) is 0 Å². The van der Waals surface area contributed by atoms with Gasteiger partial charge < -0.3 is 15.3 Å². The highest BCUT2D eigenvalue weighted by atomic mass is 16.4. The molecule has 2 unspecified atom stereocenters. The zero-order valence-corrected chi connectivity index (χ0v) is 8.57. The molecular formula is C11H9NO5. The van der Waals surface area contributed by atoms with Gasteiger partial charge in [-0.1, -0.05) is 24.3 Å². The lowest BCUT2D eigenvalue weighted by Gasteiger charge is -2.31. The molecule has 6 nitrogen and oxygen atoms in total. The third-order valence-corrected chi connectivity index (χ3v) is 2.69. The molecule has 1 aromatic carbocycles. The molecule has 0 saturated heterocycles. The number of carbonyl (C=O) groups is 2. The summed E-state index contributed by atoms with van der Waals surface area (Å²) in [5.41, 5.74) is -2.10. The minimum atomic E-state index is -2.53. The van der Waals surface area contributed by atoms with Crippen LogP contribution >= 0.6 is 0 Å². The Morgan fingerprint density at radius 1 is 1.24 bits per heavy atom. The van der Waals surface area contributed by atoms with E-state index in [9.17, 15) is 14.7 Å². The summed E-state index contributed by atoms with van der Waals surface area (Å²) in [7, 11) is 0. The summed E-state index contributed by atoms with van der Waals surface area (Å²) in [6.45, 7) is 0. The van der Waals surface area contributed by atoms with Gasteiger partial charge in [-0.2, -0.15) is 0 Å². The molecule has 6 heteroatoms. The van der Waals surface area contributed by atoms with Crippen LogP contribution in [0.15, 0.2) is 29.3 Å². The molecule has 0 spiro atoms. The summed E-state index contributed by atoms with van der Waals surface area (Å²) in [6, 6.07) is 4.38. The first-order valence-corrected chi connectivity index (χ1v) is 4.79. The SMILES string of the molecule is O=C(O)C1N=Cc2ccccc2C1(O)C(=O)O. The molecule has 2 atom stereocenters. The average Bonchev–Trinajstić information content (AvgIpc) is 2.29. The Balaban J connectivity index is 2.68. The van der Waals surface area contributed by atoms with Gasteiger partial charge in [-0.3, -0.25) is 4.99 Å². The summed E-state index contributed by atoms with van der Waals surface area (Å²) in [4.78, 5) is 25.7. The standard InChI is InChI=1S/C11H9NO5/c13-9(14)8-11(17,10(15)16)7-4-2-1-3-6(7)5-12-8/h1-5,8,17H,(H,13,14)(H,15,16). The predicted molar refractivity (Wildman–Crippen MR) is 57.0 cm³/mol. The van der Waals surface area contributed by atoms with E-state index in [0.29, 0.717) is 5.56 Å². The normalized spacial score (nSPS) is 26.3. The van der Waals surface area contributed by atoms with Gasteiger partial charge >= 0.3 is 11.9 Å². The molecule has 0 bridgehead atoms. The number of aliphatic hydroxyl groups is 1. The zero-order chi connectivity index (χ0) is 12.6. The fraction of sp³-hybridized carbons (Fsp3) is 0.182. The van der Waals surface area contributed by atoms with Crippen LogP contribution in [0.3, 0.4) is 0 Å².